The van der Waals surface area contributed by atoms with E-state index in [0.717, 1.165) is 16.7 Å². The lowest BCUT2D eigenvalue weighted by atomic mass is 10.00. The van der Waals surface area contributed by atoms with E-state index in [1.54, 1.807) is 25.4 Å². The summed E-state index contributed by atoms with van der Waals surface area (Å²) in [5, 5.41) is 5.50. The van der Waals surface area contributed by atoms with E-state index in [0.29, 0.717) is 11.1 Å². The van der Waals surface area contributed by atoms with Crippen LogP contribution in [0, 0.1) is 13.8 Å². The number of hydrogen-bond donors (Lipinski definition) is 2. The van der Waals surface area contributed by atoms with Gasteiger partial charge in [-0.1, -0.05) is 23.8 Å². The molecule has 0 radical (unpaired) electrons. The first-order valence-electron chi connectivity index (χ1n) is 8.13. The second kappa shape index (κ2) is 8.24. The Bertz CT molecular complexity index is 812. The van der Waals surface area contributed by atoms with Crippen molar-refractivity contribution >= 4 is 17.9 Å². The van der Waals surface area contributed by atoms with E-state index in [1.807, 2.05) is 20.8 Å². The largest absolute Gasteiger partial charge is 0.355 e. The molecule has 2 rings (SSSR count). The molecule has 0 saturated heterocycles. The molecular weight excluding hydrogens is 314 g/mol. The lowest BCUT2D eigenvalue weighted by Crippen LogP contribution is -2.25. The van der Waals surface area contributed by atoms with Gasteiger partial charge in [-0.2, -0.15) is 0 Å². The summed E-state index contributed by atoms with van der Waals surface area (Å²) in [6, 6.07) is 7.79. The van der Waals surface area contributed by atoms with Crippen LogP contribution in [-0.4, -0.2) is 23.8 Å². The second-order valence-electron chi connectivity index (χ2n) is 6.01. The molecule has 0 aliphatic heterocycles. The number of hydrogen-bond acceptors (Lipinski definition) is 3. The van der Waals surface area contributed by atoms with Crippen molar-refractivity contribution in [3.63, 3.8) is 0 Å². The standard InChI is InChI=1S/C20H23N3O2/c1-13-5-6-14(2)18(9-13)15(3)23-19(24)8-7-16-10-17(12-22-11-16)20(25)21-4/h5-12,15H,1-4H3,(H,21,25)(H,23,24)/b8-7+/t15-/m1/s1. The Balaban J connectivity index is 2.05. The lowest BCUT2D eigenvalue weighted by molar-refractivity contribution is -0.117. The highest BCUT2D eigenvalue weighted by Crippen LogP contribution is 2.18. The topological polar surface area (TPSA) is 71.1 Å². The Morgan fingerprint density at radius 2 is 1.92 bits per heavy atom. The molecule has 0 aliphatic rings. The molecule has 1 aromatic carbocycles. The summed E-state index contributed by atoms with van der Waals surface area (Å²) < 4.78 is 0. The SMILES string of the molecule is CNC(=O)c1cncc(/C=C/C(=O)N[C@H](C)c2cc(C)ccc2C)c1. The van der Waals surface area contributed by atoms with Gasteiger partial charge in [0.05, 0.1) is 11.6 Å². The van der Waals surface area contributed by atoms with Gasteiger partial charge in [0.25, 0.3) is 5.91 Å². The summed E-state index contributed by atoms with van der Waals surface area (Å²) >= 11 is 0. The van der Waals surface area contributed by atoms with Gasteiger partial charge in [-0.3, -0.25) is 14.6 Å². The predicted octanol–water partition coefficient (Wildman–Crippen LogP) is 2.95. The quantitative estimate of drug-likeness (QED) is 0.824. The number of nitrogens with zero attached hydrogens (tertiary/aromatic N) is 1. The number of carbonyl (C=O) groups is 2. The molecule has 1 heterocycles. The smallest absolute Gasteiger partial charge is 0.252 e. The van der Waals surface area contributed by atoms with Crippen molar-refractivity contribution in [2.45, 2.75) is 26.8 Å². The molecule has 5 nitrogen and oxygen atoms in total. The van der Waals surface area contributed by atoms with Crippen LogP contribution in [0.2, 0.25) is 0 Å². The number of rotatable bonds is 5. The maximum absolute atomic E-state index is 12.2. The minimum Gasteiger partial charge on any atom is -0.355 e. The van der Waals surface area contributed by atoms with Crippen molar-refractivity contribution in [3.05, 3.63) is 70.6 Å². The summed E-state index contributed by atoms with van der Waals surface area (Å²) in [6.07, 6.45) is 6.18. The van der Waals surface area contributed by atoms with Crippen molar-refractivity contribution in [2.75, 3.05) is 7.05 Å². The molecule has 5 heteroatoms. The molecule has 0 spiro atoms. The predicted molar refractivity (Wildman–Crippen MR) is 99.1 cm³/mol. The van der Waals surface area contributed by atoms with E-state index in [9.17, 15) is 9.59 Å². The van der Waals surface area contributed by atoms with Gasteiger partial charge in [0.15, 0.2) is 0 Å². The van der Waals surface area contributed by atoms with Crippen molar-refractivity contribution in [1.29, 1.82) is 0 Å². The van der Waals surface area contributed by atoms with E-state index in [2.05, 4.69) is 33.8 Å². The number of amides is 2. The normalized spacial score (nSPS) is 12.0. The molecule has 0 fully saturated rings. The van der Waals surface area contributed by atoms with Crippen LogP contribution in [0.4, 0.5) is 0 Å². The van der Waals surface area contributed by atoms with Gasteiger partial charge >= 0.3 is 0 Å². The highest BCUT2D eigenvalue weighted by molar-refractivity contribution is 5.95. The van der Waals surface area contributed by atoms with Crippen LogP contribution >= 0.6 is 0 Å². The molecule has 130 valence electrons. The number of pyridine rings is 1. The molecule has 0 saturated carbocycles. The molecule has 1 aromatic heterocycles. The van der Waals surface area contributed by atoms with Crippen LogP contribution in [0.25, 0.3) is 6.08 Å². The number of carbonyl (C=O) groups excluding carboxylic acids is 2. The molecule has 2 N–H and O–H groups in total. The zero-order valence-electron chi connectivity index (χ0n) is 15.0. The van der Waals surface area contributed by atoms with Gasteiger partial charge in [-0.25, -0.2) is 0 Å². The summed E-state index contributed by atoms with van der Waals surface area (Å²) in [5.41, 5.74) is 4.55. The maximum Gasteiger partial charge on any atom is 0.252 e. The van der Waals surface area contributed by atoms with Gasteiger partial charge in [-0.15, -0.1) is 0 Å². The van der Waals surface area contributed by atoms with Crippen LogP contribution < -0.4 is 10.6 Å². The monoisotopic (exact) mass is 337 g/mol. The number of benzene rings is 1. The Labute approximate surface area is 148 Å². The third-order valence-electron chi connectivity index (χ3n) is 3.94. The van der Waals surface area contributed by atoms with Crippen molar-refractivity contribution in [3.8, 4) is 0 Å². The zero-order chi connectivity index (χ0) is 18.4. The minimum atomic E-state index is -0.212. The fraction of sp³-hybridized carbons (Fsp3) is 0.250. The van der Waals surface area contributed by atoms with Gasteiger partial charge in [-0.05, 0) is 49.6 Å². The van der Waals surface area contributed by atoms with E-state index in [-0.39, 0.29) is 17.9 Å². The first-order chi connectivity index (χ1) is 11.9. The van der Waals surface area contributed by atoms with E-state index in [4.69, 9.17) is 0 Å². The van der Waals surface area contributed by atoms with Gasteiger partial charge < -0.3 is 10.6 Å². The molecule has 0 bridgehead atoms. The molecule has 2 aromatic rings. The summed E-state index contributed by atoms with van der Waals surface area (Å²) in [7, 11) is 1.56. The maximum atomic E-state index is 12.2. The van der Waals surface area contributed by atoms with Gasteiger partial charge in [0.2, 0.25) is 5.91 Å². The zero-order valence-corrected chi connectivity index (χ0v) is 15.0. The summed E-state index contributed by atoms with van der Waals surface area (Å²) in [4.78, 5) is 27.8. The minimum absolute atomic E-state index is 0.0904. The van der Waals surface area contributed by atoms with Gasteiger partial charge in [0, 0.05) is 25.5 Å². The molecule has 1 atom stereocenters. The highest BCUT2D eigenvalue weighted by atomic mass is 16.2. The van der Waals surface area contributed by atoms with Crippen LogP contribution in [-0.2, 0) is 4.79 Å². The van der Waals surface area contributed by atoms with Crippen molar-refractivity contribution in [1.82, 2.24) is 15.6 Å². The summed E-state index contributed by atoms with van der Waals surface area (Å²) in [6.45, 7) is 6.02. The number of aryl methyl sites for hydroxylation is 2. The first-order valence-corrected chi connectivity index (χ1v) is 8.13. The van der Waals surface area contributed by atoms with Crippen molar-refractivity contribution in [2.24, 2.45) is 0 Å². The third kappa shape index (κ3) is 5.01. The average molecular weight is 337 g/mol. The van der Waals surface area contributed by atoms with Crippen LogP contribution in [0.1, 0.15) is 45.6 Å². The molecule has 0 unspecified atom stereocenters. The highest BCUT2D eigenvalue weighted by Gasteiger charge is 2.10. The summed E-state index contributed by atoms with van der Waals surface area (Å²) in [5.74, 6) is -0.408. The number of nitrogens with one attached hydrogen (secondary N) is 2. The Kier molecular flexibility index (Phi) is 6.06. The first kappa shape index (κ1) is 18.4. The Morgan fingerprint density at radius 3 is 2.64 bits per heavy atom. The fourth-order valence-corrected chi connectivity index (χ4v) is 2.55. The number of aromatic nitrogens is 1. The average Bonchev–Trinajstić information content (AvgIpc) is 2.61. The van der Waals surface area contributed by atoms with E-state index < -0.39 is 0 Å². The Morgan fingerprint density at radius 1 is 1.16 bits per heavy atom. The van der Waals surface area contributed by atoms with Crippen LogP contribution in [0.3, 0.4) is 0 Å². The van der Waals surface area contributed by atoms with Gasteiger partial charge in [0.1, 0.15) is 0 Å². The molecule has 25 heavy (non-hydrogen) atoms. The fourth-order valence-electron chi connectivity index (χ4n) is 2.55. The van der Waals surface area contributed by atoms with E-state index in [1.165, 1.54) is 12.3 Å². The second-order valence-corrected chi connectivity index (χ2v) is 6.01. The van der Waals surface area contributed by atoms with Crippen molar-refractivity contribution < 1.29 is 9.59 Å². The lowest BCUT2D eigenvalue weighted by Gasteiger charge is -2.16. The molecule has 0 aliphatic carbocycles. The molecule has 2 amide bonds. The van der Waals surface area contributed by atoms with Crippen LogP contribution in [0.5, 0.6) is 0 Å². The third-order valence-corrected chi connectivity index (χ3v) is 3.94. The Hall–Kier alpha value is -2.95. The molecular formula is C20H23N3O2. The van der Waals surface area contributed by atoms with Crippen LogP contribution in [0.15, 0.2) is 42.7 Å². The van der Waals surface area contributed by atoms with E-state index >= 15 is 0 Å².